The van der Waals surface area contributed by atoms with E-state index in [1.807, 2.05) is 13.2 Å². The van der Waals surface area contributed by atoms with Gasteiger partial charge in [-0.2, -0.15) is 4.98 Å². The summed E-state index contributed by atoms with van der Waals surface area (Å²) in [6.07, 6.45) is 1.87. The number of hydrazine groups is 1. The highest BCUT2D eigenvalue weighted by Crippen LogP contribution is 2.22. The minimum absolute atomic E-state index is 0.392. The van der Waals surface area contributed by atoms with Crippen molar-refractivity contribution >= 4 is 17.6 Å². The van der Waals surface area contributed by atoms with Gasteiger partial charge in [-0.3, -0.25) is 5.10 Å². The molecule has 17 heavy (non-hydrogen) atoms. The van der Waals surface area contributed by atoms with E-state index in [2.05, 4.69) is 25.6 Å². The number of rotatable bonds is 4. The van der Waals surface area contributed by atoms with E-state index in [0.29, 0.717) is 22.7 Å². The SMILES string of the molecule is CSc1nc(NN)cc(Oc2cc(C)[nH]n2)n1. The van der Waals surface area contributed by atoms with Gasteiger partial charge in [0.2, 0.25) is 11.8 Å². The third-order valence-corrected chi connectivity index (χ3v) is 2.45. The Balaban J connectivity index is 2.25. The fourth-order valence-electron chi connectivity index (χ4n) is 1.17. The molecule has 0 radical (unpaired) electrons. The highest BCUT2D eigenvalue weighted by atomic mass is 32.2. The molecule has 0 amide bonds. The first-order valence-electron chi connectivity index (χ1n) is 4.81. The second kappa shape index (κ2) is 5.02. The van der Waals surface area contributed by atoms with Crippen LogP contribution in [0, 0.1) is 6.92 Å². The maximum Gasteiger partial charge on any atom is 0.240 e. The van der Waals surface area contributed by atoms with Gasteiger partial charge in [0.1, 0.15) is 5.82 Å². The summed E-state index contributed by atoms with van der Waals surface area (Å²) in [6, 6.07) is 3.38. The number of nitrogens with two attached hydrogens (primary N) is 1. The molecule has 7 nitrogen and oxygen atoms in total. The minimum atomic E-state index is 0.392. The topological polar surface area (TPSA) is 102 Å². The van der Waals surface area contributed by atoms with Crippen molar-refractivity contribution in [2.24, 2.45) is 5.84 Å². The van der Waals surface area contributed by atoms with Gasteiger partial charge in [-0.15, -0.1) is 5.10 Å². The Bertz CT molecular complexity index is 492. The molecule has 0 unspecified atom stereocenters. The van der Waals surface area contributed by atoms with Gasteiger partial charge in [0.05, 0.1) is 0 Å². The van der Waals surface area contributed by atoms with Crippen LogP contribution in [-0.2, 0) is 0 Å². The van der Waals surface area contributed by atoms with Gasteiger partial charge in [0.15, 0.2) is 5.16 Å². The molecule has 0 saturated heterocycles. The molecule has 0 aromatic carbocycles. The number of aryl methyl sites for hydroxylation is 1. The van der Waals surface area contributed by atoms with Crippen LogP contribution in [0.2, 0.25) is 0 Å². The van der Waals surface area contributed by atoms with Crippen molar-refractivity contribution < 1.29 is 4.74 Å². The average molecular weight is 252 g/mol. The molecule has 0 saturated carbocycles. The second-order valence-corrected chi connectivity index (χ2v) is 3.99. The Morgan fingerprint density at radius 3 is 2.76 bits per heavy atom. The van der Waals surface area contributed by atoms with Crippen LogP contribution >= 0.6 is 11.8 Å². The van der Waals surface area contributed by atoms with E-state index in [-0.39, 0.29) is 0 Å². The summed E-state index contributed by atoms with van der Waals surface area (Å²) < 4.78 is 5.48. The number of nitrogens with one attached hydrogen (secondary N) is 2. The van der Waals surface area contributed by atoms with E-state index in [9.17, 15) is 0 Å². The van der Waals surface area contributed by atoms with Crippen LogP contribution in [-0.4, -0.2) is 26.4 Å². The largest absolute Gasteiger partial charge is 0.419 e. The first-order chi connectivity index (χ1) is 8.21. The lowest BCUT2D eigenvalue weighted by molar-refractivity contribution is 0.437. The molecule has 0 fully saturated rings. The van der Waals surface area contributed by atoms with Crippen molar-refractivity contribution in [3.63, 3.8) is 0 Å². The summed E-state index contributed by atoms with van der Waals surface area (Å²) in [6.45, 7) is 1.89. The molecule has 2 rings (SSSR count). The van der Waals surface area contributed by atoms with E-state index >= 15 is 0 Å². The molecule has 2 heterocycles. The summed E-state index contributed by atoms with van der Waals surface area (Å²) in [5.74, 6) is 6.65. The molecule has 2 aromatic rings. The fourth-order valence-corrected chi connectivity index (χ4v) is 1.54. The Morgan fingerprint density at radius 2 is 2.18 bits per heavy atom. The number of aromatic nitrogens is 4. The lowest BCUT2D eigenvalue weighted by atomic mass is 10.5. The molecule has 4 N–H and O–H groups in total. The van der Waals surface area contributed by atoms with E-state index < -0.39 is 0 Å². The van der Waals surface area contributed by atoms with Crippen molar-refractivity contribution in [1.29, 1.82) is 0 Å². The van der Waals surface area contributed by atoms with E-state index in [1.165, 1.54) is 11.8 Å². The Morgan fingerprint density at radius 1 is 1.35 bits per heavy atom. The lowest BCUT2D eigenvalue weighted by Crippen LogP contribution is -2.09. The lowest BCUT2D eigenvalue weighted by Gasteiger charge is -2.05. The van der Waals surface area contributed by atoms with Crippen LogP contribution < -0.4 is 16.0 Å². The standard InChI is InChI=1S/C9H12N6OS/c1-5-3-8(15-14-5)16-7-4-6(13-10)11-9(12-7)17-2/h3-4H,10H2,1-2H3,(H,14,15)(H,11,12,13). The van der Waals surface area contributed by atoms with Crippen LogP contribution in [0.1, 0.15) is 5.69 Å². The second-order valence-electron chi connectivity index (χ2n) is 3.21. The van der Waals surface area contributed by atoms with Crippen molar-refractivity contribution in [2.75, 3.05) is 11.7 Å². The Kier molecular flexibility index (Phi) is 3.45. The Labute approximate surface area is 102 Å². The number of aromatic amines is 1. The minimum Gasteiger partial charge on any atom is -0.419 e. The van der Waals surface area contributed by atoms with Gasteiger partial charge in [-0.25, -0.2) is 10.8 Å². The van der Waals surface area contributed by atoms with Gasteiger partial charge in [-0.05, 0) is 13.2 Å². The zero-order chi connectivity index (χ0) is 12.3. The third kappa shape index (κ3) is 2.86. The molecule has 8 heteroatoms. The zero-order valence-electron chi connectivity index (χ0n) is 9.39. The van der Waals surface area contributed by atoms with Gasteiger partial charge >= 0.3 is 0 Å². The van der Waals surface area contributed by atoms with E-state index in [1.54, 1.807) is 12.1 Å². The predicted octanol–water partition coefficient (Wildman–Crippen LogP) is 1.31. The molecule has 0 bridgehead atoms. The predicted molar refractivity (Wildman–Crippen MR) is 65.0 cm³/mol. The molecule has 0 spiro atoms. The number of hydrogen-bond acceptors (Lipinski definition) is 7. The van der Waals surface area contributed by atoms with Crippen LogP contribution in [0.5, 0.6) is 11.8 Å². The summed E-state index contributed by atoms with van der Waals surface area (Å²) >= 11 is 1.40. The maximum atomic E-state index is 5.48. The number of hydrogen-bond donors (Lipinski definition) is 3. The van der Waals surface area contributed by atoms with E-state index in [4.69, 9.17) is 10.6 Å². The van der Waals surface area contributed by atoms with Crippen LogP contribution in [0.3, 0.4) is 0 Å². The third-order valence-electron chi connectivity index (χ3n) is 1.90. The molecule has 0 atom stereocenters. The molecule has 90 valence electrons. The summed E-state index contributed by atoms with van der Waals surface area (Å²) in [5.41, 5.74) is 3.37. The Hall–Kier alpha value is -1.80. The van der Waals surface area contributed by atoms with Crippen molar-refractivity contribution in [2.45, 2.75) is 12.1 Å². The number of anilines is 1. The van der Waals surface area contributed by atoms with Gasteiger partial charge in [0, 0.05) is 17.8 Å². The molecule has 2 aromatic heterocycles. The molecule has 0 aliphatic carbocycles. The smallest absolute Gasteiger partial charge is 0.240 e. The number of nitrogen functional groups attached to an aromatic ring is 1. The van der Waals surface area contributed by atoms with Crippen molar-refractivity contribution in [1.82, 2.24) is 20.2 Å². The number of ether oxygens (including phenoxy) is 1. The van der Waals surface area contributed by atoms with Gasteiger partial charge in [-0.1, -0.05) is 11.8 Å². The maximum absolute atomic E-state index is 5.48. The molecular formula is C9H12N6OS. The highest BCUT2D eigenvalue weighted by Gasteiger charge is 2.07. The average Bonchev–Trinajstić information content (AvgIpc) is 2.74. The van der Waals surface area contributed by atoms with E-state index in [0.717, 1.165) is 5.69 Å². The first kappa shape index (κ1) is 11.7. The fraction of sp³-hybridized carbons (Fsp3) is 0.222. The zero-order valence-corrected chi connectivity index (χ0v) is 10.2. The van der Waals surface area contributed by atoms with Crippen molar-refractivity contribution in [3.8, 4) is 11.8 Å². The molecule has 0 aliphatic heterocycles. The molecule has 0 aliphatic rings. The summed E-state index contributed by atoms with van der Waals surface area (Å²) in [4.78, 5) is 8.31. The monoisotopic (exact) mass is 252 g/mol. The number of thioether (sulfide) groups is 1. The highest BCUT2D eigenvalue weighted by molar-refractivity contribution is 7.98. The molecular weight excluding hydrogens is 240 g/mol. The van der Waals surface area contributed by atoms with Gasteiger partial charge in [0.25, 0.3) is 0 Å². The normalized spacial score (nSPS) is 10.3. The van der Waals surface area contributed by atoms with Crippen LogP contribution in [0.25, 0.3) is 0 Å². The van der Waals surface area contributed by atoms with Crippen molar-refractivity contribution in [3.05, 3.63) is 17.8 Å². The quantitative estimate of drug-likeness (QED) is 0.326. The number of H-pyrrole nitrogens is 1. The number of nitrogens with zero attached hydrogens (tertiary/aromatic N) is 3. The first-order valence-corrected chi connectivity index (χ1v) is 6.03. The summed E-state index contributed by atoms with van der Waals surface area (Å²) in [5, 5.41) is 7.31. The summed E-state index contributed by atoms with van der Waals surface area (Å²) in [7, 11) is 0. The van der Waals surface area contributed by atoms with Crippen LogP contribution in [0.4, 0.5) is 5.82 Å². The van der Waals surface area contributed by atoms with Gasteiger partial charge < -0.3 is 10.2 Å². The van der Waals surface area contributed by atoms with Crippen LogP contribution in [0.15, 0.2) is 17.3 Å².